The Morgan fingerprint density at radius 3 is 0.568 bits per heavy atom. The molecule has 0 N–H and O–H groups in total. The van der Waals surface area contributed by atoms with Crippen LogP contribution in [0.4, 0.5) is 25.2 Å². The van der Waals surface area contributed by atoms with Crippen molar-refractivity contribution in [3.05, 3.63) is 0 Å². The van der Waals surface area contributed by atoms with Gasteiger partial charge in [-0.15, -0.1) is 0 Å². The molecule has 0 aromatic rings. The summed E-state index contributed by atoms with van der Waals surface area (Å²) in [4.78, 5) is 0. The van der Waals surface area contributed by atoms with Crippen molar-refractivity contribution >= 4 is 15.1 Å². The molecule has 0 aliphatic heterocycles. The molecule has 0 heterocycles. The van der Waals surface area contributed by atoms with E-state index < -0.39 is 15.1 Å². The summed E-state index contributed by atoms with van der Waals surface area (Å²) >= 11 is 0. The van der Waals surface area contributed by atoms with E-state index in [9.17, 15) is 25.2 Å². The summed E-state index contributed by atoms with van der Waals surface area (Å²) in [5.41, 5.74) is 0. The summed E-state index contributed by atoms with van der Waals surface area (Å²) in [6, 6.07) is 0. The quantitative estimate of drug-likeness (QED) is 0.0376. The van der Waals surface area contributed by atoms with Crippen molar-refractivity contribution in [3.63, 3.8) is 0 Å². The summed E-state index contributed by atoms with van der Waals surface area (Å²) in [6.07, 6.45) is 48.2. The van der Waals surface area contributed by atoms with Gasteiger partial charge >= 0.3 is 33.0 Å². The fourth-order valence-electron chi connectivity index (χ4n) is 6.29. The molecule has 44 heavy (non-hydrogen) atoms. The third-order valence-electron chi connectivity index (χ3n) is 8.94. The van der Waals surface area contributed by atoms with E-state index in [1.54, 1.807) is 50.3 Å². The van der Waals surface area contributed by atoms with Crippen molar-refractivity contribution in [1.82, 2.24) is 0 Å². The van der Waals surface area contributed by atoms with Crippen LogP contribution in [0, 0.1) is 0 Å². The van der Waals surface area contributed by atoms with Gasteiger partial charge in [-0.2, -0.15) is 0 Å². The van der Waals surface area contributed by atoms with E-state index in [-0.39, 0.29) is 0 Å². The molecule has 0 amide bonds. The van der Waals surface area contributed by atoms with E-state index in [1.807, 2.05) is 0 Å². The molecule has 0 saturated carbocycles. The van der Waals surface area contributed by atoms with Gasteiger partial charge in [0.2, 0.25) is 0 Å². The Bertz CT molecular complexity index is 542. The monoisotopic (exact) mass is 685 g/mol. The van der Waals surface area contributed by atoms with Gasteiger partial charge in [-0.3, -0.25) is 0 Å². The molecule has 0 atom stereocenters. The van der Waals surface area contributed by atoms with Crippen molar-refractivity contribution in [2.45, 2.75) is 207 Å². The van der Waals surface area contributed by atoms with Gasteiger partial charge in [0, 0.05) is 7.26 Å². The Balaban J connectivity index is 0. The molecule has 0 unspecified atom stereocenters. The van der Waals surface area contributed by atoms with Crippen LogP contribution in [0.15, 0.2) is 0 Å². The third-order valence-corrected chi connectivity index (χ3v) is 14.0. The molecule has 0 aliphatic rings. The summed E-state index contributed by atoms with van der Waals surface area (Å²) in [6.45, 7) is 9.38. The zero-order chi connectivity index (χ0) is 33.5. The average molecular weight is 685 g/mol. The second-order valence-electron chi connectivity index (χ2n) is 13.7. The second-order valence-corrected chi connectivity index (χ2v) is 20.1. The molecule has 0 aromatic heterocycles. The van der Waals surface area contributed by atoms with Gasteiger partial charge in [0.25, 0.3) is 0 Å². The van der Waals surface area contributed by atoms with Crippen LogP contribution >= 0.6 is 15.1 Å². The number of rotatable bonds is 32. The summed E-state index contributed by atoms with van der Waals surface area (Å²) in [7, 11) is -11.4. The van der Waals surface area contributed by atoms with Crippen LogP contribution in [0.5, 0.6) is 0 Å². The van der Waals surface area contributed by atoms with Crippen LogP contribution in [0.2, 0.25) is 0 Å². The van der Waals surface area contributed by atoms with E-state index >= 15 is 0 Å². The standard InChI is InChI=1S/C36H76P.F6P/c1-5-9-13-17-21-22-23-24-28-32-36-37(33-29-25-18-14-10-6-2,34-30-26-19-15-11-7-3)35-31-27-20-16-12-8-4;1-7(2,3,4,5)6/h5-36H2,1-4H3;/q+1;-1. The Kier molecular flexibility index (Phi) is 29.0. The first-order valence-corrected chi connectivity index (χ1v) is 23.7. The van der Waals surface area contributed by atoms with Gasteiger partial charge in [0.05, 0.1) is 24.6 Å². The summed E-state index contributed by atoms with van der Waals surface area (Å²) in [5, 5.41) is 0. The molecule has 0 aromatic carbocycles. The van der Waals surface area contributed by atoms with Gasteiger partial charge in [-0.1, -0.05) is 156 Å². The molecular formula is C36H76F6P2. The van der Waals surface area contributed by atoms with Crippen molar-refractivity contribution in [1.29, 1.82) is 0 Å². The van der Waals surface area contributed by atoms with Crippen molar-refractivity contribution in [2.24, 2.45) is 0 Å². The first kappa shape index (κ1) is 46.6. The number of halogens is 6. The van der Waals surface area contributed by atoms with E-state index in [1.165, 1.54) is 154 Å². The van der Waals surface area contributed by atoms with E-state index in [0.29, 0.717) is 0 Å². The van der Waals surface area contributed by atoms with Crippen molar-refractivity contribution in [3.8, 4) is 0 Å². The summed E-state index contributed by atoms with van der Waals surface area (Å²) < 4.78 is 59.2. The topological polar surface area (TPSA) is 0 Å². The Hall–Kier alpha value is 0.440. The minimum atomic E-state index is -10.7. The molecular weight excluding hydrogens is 608 g/mol. The molecule has 0 aliphatic carbocycles. The number of unbranched alkanes of at least 4 members (excludes halogenated alkanes) is 24. The molecule has 0 spiro atoms. The fourth-order valence-corrected chi connectivity index (χ4v) is 11.2. The Morgan fingerprint density at radius 1 is 0.273 bits per heavy atom. The van der Waals surface area contributed by atoms with E-state index in [4.69, 9.17) is 0 Å². The predicted octanol–water partition coefficient (Wildman–Crippen LogP) is 17.4. The van der Waals surface area contributed by atoms with Crippen LogP contribution < -0.4 is 0 Å². The second kappa shape index (κ2) is 27.4. The van der Waals surface area contributed by atoms with Crippen LogP contribution in [0.1, 0.15) is 207 Å². The minimum absolute atomic E-state index is 0.737. The molecule has 0 rings (SSSR count). The molecule has 272 valence electrons. The van der Waals surface area contributed by atoms with Crippen molar-refractivity contribution < 1.29 is 25.2 Å². The van der Waals surface area contributed by atoms with E-state index in [0.717, 1.165) is 0 Å². The molecule has 0 fully saturated rings. The van der Waals surface area contributed by atoms with Crippen LogP contribution in [0.25, 0.3) is 0 Å². The maximum atomic E-state index is 9.87. The number of hydrogen-bond donors (Lipinski definition) is 0. The zero-order valence-corrected chi connectivity index (χ0v) is 31.6. The first-order valence-electron chi connectivity index (χ1n) is 19.1. The fraction of sp³-hybridized carbons (Fsp3) is 1.00. The maximum absolute atomic E-state index is 10.7. The zero-order valence-electron chi connectivity index (χ0n) is 29.8. The number of hydrogen-bond acceptors (Lipinski definition) is 0. The van der Waals surface area contributed by atoms with Crippen LogP contribution in [-0.4, -0.2) is 24.6 Å². The van der Waals surface area contributed by atoms with Gasteiger partial charge in [-0.25, -0.2) is 0 Å². The van der Waals surface area contributed by atoms with Gasteiger partial charge in [-0.05, 0) is 51.4 Å². The average Bonchev–Trinajstić information content (AvgIpc) is 2.93. The summed E-state index contributed by atoms with van der Waals surface area (Å²) in [5.74, 6) is 0. The van der Waals surface area contributed by atoms with Gasteiger partial charge < -0.3 is 0 Å². The molecule has 0 nitrogen and oxygen atoms in total. The van der Waals surface area contributed by atoms with E-state index in [2.05, 4.69) is 27.7 Å². The first-order chi connectivity index (χ1) is 20.7. The molecule has 0 bridgehead atoms. The predicted molar refractivity (Wildman–Crippen MR) is 192 cm³/mol. The Labute approximate surface area is 272 Å². The van der Waals surface area contributed by atoms with Crippen LogP contribution in [0.3, 0.4) is 0 Å². The van der Waals surface area contributed by atoms with Gasteiger partial charge in [0.15, 0.2) is 0 Å². The van der Waals surface area contributed by atoms with Crippen molar-refractivity contribution in [2.75, 3.05) is 24.6 Å². The molecule has 8 heteroatoms. The Morgan fingerprint density at radius 2 is 0.409 bits per heavy atom. The molecule has 0 saturated heterocycles. The third kappa shape index (κ3) is 44.6. The van der Waals surface area contributed by atoms with Gasteiger partial charge in [0.1, 0.15) is 0 Å². The SMILES string of the molecule is CCCCCCCCCCCC[P+](CCCCCCCC)(CCCCCCCC)CCCCCCCC.F[P-](F)(F)(F)(F)F. The normalized spacial score (nSPS) is 13.8. The van der Waals surface area contributed by atoms with Crippen LogP contribution in [-0.2, 0) is 0 Å². The molecule has 0 radical (unpaired) electrons.